The van der Waals surface area contributed by atoms with Crippen molar-refractivity contribution in [2.45, 2.75) is 19.8 Å². The standard InChI is InChI=1S/C19H17ClFN3/c1-12-2-5-14(20)11-18(12)24-19-16(8-9-22-19)17(23-24)10-13-3-6-15(21)7-4-13/h2-7,11,22H,8-10H2,1H3. The van der Waals surface area contributed by atoms with Crippen LogP contribution in [0.15, 0.2) is 42.5 Å². The van der Waals surface area contributed by atoms with Crippen LogP contribution < -0.4 is 5.32 Å². The number of aryl methyl sites for hydroxylation is 1. The molecule has 1 aromatic heterocycles. The first kappa shape index (κ1) is 15.2. The Bertz CT molecular complexity index is 900. The first-order valence-corrected chi connectivity index (χ1v) is 8.35. The third kappa shape index (κ3) is 2.67. The van der Waals surface area contributed by atoms with Gasteiger partial charge in [0.1, 0.15) is 11.6 Å². The van der Waals surface area contributed by atoms with Crippen LogP contribution in [0.2, 0.25) is 5.02 Å². The molecule has 0 spiro atoms. The fourth-order valence-electron chi connectivity index (χ4n) is 3.17. The van der Waals surface area contributed by atoms with Crippen molar-refractivity contribution in [3.8, 4) is 5.69 Å². The monoisotopic (exact) mass is 341 g/mol. The summed E-state index contributed by atoms with van der Waals surface area (Å²) in [4.78, 5) is 0. The van der Waals surface area contributed by atoms with E-state index < -0.39 is 0 Å². The van der Waals surface area contributed by atoms with Gasteiger partial charge in [0.25, 0.3) is 0 Å². The van der Waals surface area contributed by atoms with E-state index in [1.807, 2.05) is 41.9 Å². The third-order valence-electron chi connectivity index (χ3n) is 4.42. The summed E-state index contributed by atoms with van der Waals surface area (Å²) >= 11 is 6.17. The van der Waals surface area contributed by atoms with E-state index in [1.165, 1.54) is 17.7 Å². The molecule has 1 N–H and O–H groups in total. The van der Waals surface area contributed by atoms with Crippen LogP contribution in [0.4, 0.5) is 10.2 Å². The van der Waals surface area contributed by atoms with Crippen LogP contribution in [0.5, 0.6) is 0 Å². The van der Waals surface area contributed by atoms with Gasteiger partial charge in [0.05, 0.1) is 11.4 Å². The molecule has 3 aromatic rings. The second kappa shape index (κ2) is 5.95. The lowest BCUT2D eigenvalue weighted by atomic mass is 10.1. The van der Waals surface area contributed by atoms with Crippen molar-refractivity contribution in [3.05, 3.63) is 75.7 Å². The van der Waals surface area contributed by atoms with Crippen molar-refractivity contribution in [1.29, 1.82) is 0 Å². The van der Waals surface area contributed by atoms with Crippen molar-refractivity contribution >= 4 is 17.4 Å². The first-order chi connectivity index (χ1) is 11.6. The van der Waals surface area contributed by atoms with Crippen LogP contribution in [0.25, 0.3) is 5.69 Å². The molecule has 4 rings (SSSR count). The number of fused-ring (bicyclic) bond motifs is 1. The summed E-state index contributed by atoms with van der Waals surface area (Å²) in [5.41, 5.74) is 5.42. The van der Waals surface area contributed by atoms with E-state index in [1.54, 1.807) is 0 Å². The van der Waals surface area contributed by atoms with Crippen molar-refractivity contribution in [1.82, 2.24) is 9.78 Å². The molecule has 5 heteroatoms. The number of benzene rings is 2. The summed E-state index contributed by atoms with van der Waals surface area (Å²) in [5.74, 6) is 0.822. The van der Waals surface area contributed by atoms with Gasteiger partial charge >= 0.3 is 0 Å². The lowest BCUT2D eigenvalue weighted by molar-refractivity contribution is 0.627. The Kier molecular flexibility index (Phi) is 3.77. The summed E-state index contributed by atoms with van der Waals surface area (Å²) in [7, 11) is 0. The summed E-state index contributed by atoms with van der Waals surface area (Å²) in [5, 5.41) is 8.94. The van der Waals surface area contributed by atoms with E-state index in [2.05, 4.69) is 5.32 Å². The lowest BCUT2D eigenvalue weighted by Gasteiger charge is -2.10. The molecule has 3 nitrogen and oxygen atoms in total. The van der Waals surface area contributed by atoms with Gasteiger partial charge in [0, 0.05) is 23.6 Å². The zero-order valence-corrected chi connectivity index (χ0v) is 14.1. The number of hydrogen-bond donors (Lipinski definition) is 1. The van der Waals surface area contributed by atoms with E-state index >= 15 is 0 Å². The summed E-state index contributed by atoms with van der Waals surface area (Å²) in [6.07, 6.45) is 1.64. The molecule has 0 bridgehead atoms. The van der Waals surface area contributed by atoms with Gasteiger partial charge in [-0.2, -0.15) is 5.10 Å². The maximum Gasteiger partial charge on any atom is 0.133 e. The minimum absolute atomic E-state index is 0.217. The smallest absolute Gasteiger partial charge is 0.133 e. The number of hydrogen-bond acceptors (Lipinski definition) is 2. The van der Waals surface area contributed by atoms with Crippen molar-refractivity contribution < 1.29 is 4.39 Å². The quantitative estimate of drug-likeness (QED) is 0.758. The van der Waals surface area contributed by atoms with E-state index in [0.717, 1.165) is 41.3 Å². The largest absolute Gasteiger partial charge is 0.369 e. The molecule has 0 saturated heterocycles. The van der Waals surface area contributed by atoms with E-state index in [0.29, 0.717) is 11.4 Å². The number of halogens is 2. The molecule has 24 heavy (non-hydrogen) atoms. The molecule has 0 aliphatic carbocycles. The van der Waals surface area contributed by atoms with Crippen LogP contribution in [0.1, 0.15) is 22.4 Å². The maximum absolute atomic E-state index is 13.1. The molecular weight excluding hydrogens is 325 g/mol. The Hall–Kier alpha value is -2.33. The average molecular weight is 342 g/mol. The zero-order chi connectivity index (χ0) is 16.7. The molecule has 0 fully saturated rings. The van der Waals surface area contributed by atoms with E-state index in [9.17, 15) is 4.39 Å². The number of aromatic nitrogens is 2. The molecule has 0 radical (unpaired) electrons. The Morgan fingerprint density at radius 2 is 2.00 bits per heavy atom. The predicted molar refractivity (Wildman–Crippen MR) is 94.7 cm³/mol. The highest BCUT2D eigenvalue weighted by Crippen LogP contribution is 2.31. The Morgan fingerprint density at radius 3 is 2.79 bits per heavy atom. The fraction of sp³-hybridized carbons (Fsp3) is 0.211. The minimum Gasteiger partial charge on any atom is -0.369 e. The molecule has 0 atom stereocenters. The van der Waals surface area contributed by atoms with Crippen molar-refractivity contribution in [2.24, 2.45) is 0 Å². The van der Waals surface area contributed by atoms with Gasteiger partial charge in [-0.25, -0.2) is 9.07 Å². The van der Waals surface area contributed by atoms with Gasteiger partial charge in [-0.3, -0.25) is 0 Å². The molecule has 0 amide bonds. The Labute approximate surface area is 145 Å². The third-order valence-corrected chi connectivity index (χ3v) is 4.65. The number of anilines is 1. The van der Waals surface area contributed by atoms with Gasteiger partial charge in [0.15, 0.2) is 0 Å². The van der Waals surface area contributed by atoms with Crippen LogP contribution in [-0.2, 0) is 12.8 Å². The minimum atomic E-state index is -0.217. The van der Waals surface area contributed by atoms with Gasteiger partial charge in [-0.15, -0.1) is 0 Å². The maximum atomic E-state index is 13.1. The van der Waals surface area contributed by atoms with Gasteiger partial charge in [-0.1, -0.05) is 29.8 Å². The van der Waals surface area contributed by atoms with Crippen LogP contribution in [0, 0.1) is 12.7 Å². The number of nitrogens with zero attached hydrogens (tertiary/aromatic N) is 2. The van der Waals surface area contributed by atoms with Crippen molar-refractivity contribution in [2.75, 3.05) is 11.9 Å². The summed E-state index contributed by atoms with van der Waals surface area (Å²) in [6, 6.07) is 12.4. The van der Waals surface area contributed by atoms with E-state index in [4.69, 9.17) is 16.7 Å². The Balaban J connectivity index is 1.77. The van der Waals surface area contributed by atoms with Crippen LogP contribution in [-0.4, -0.2) is 16.3 Å². The van der Waals surface area contributed by atoms with Crippen LogP contribution in [0.3, 0.4) is 0 Å². The Morgan fingerprint density at radius 1 is 1.21 bits per heavy atom. The molecule has 0 unspecified atom stereocenters. The fourth-order valence-corrected chi connectivity index (χ4v) is 3.33. The molecule has 1 aliphatic heterocycles. The molecule has 2 aromatic carbocycles. The highest BCUT2D eigenvalue weighted by atomic mass is 35.5. The van der Waals surface area contributed by atoms with Crippen molar-refractivity contribution in [3.63, 3.8) is 0 Å². The second-order valence-corrected chi connectivity index (χ2v) is 6.53. The molecular formula is C19H17ClFN3. The second-order valence-electron chi connectivity index (χ2n) is 6.10. The molecule has 122 valence electrons. The molecule has 0 saturated carbocycles. The molecule has 2 heterocycles. The van der Waals surface area contributed by atoms with E-state index in [-0.39, 0.29) is 5.82 Å². The highest BCUT2D eigenvalue weighted by Gasteiger charge is 2.23. The number of nitrogens with one attached hydrogen (secondary N) is 1. The molecule has 1 aliphatic rings. The van der Waals surface area contributed by atoms with Gasteiger partial charge in [0.2, 0.25) is 0 Å². The summed E-state index contributed by atoms with van der Waals surface area (Å²) < 4.78 is 15.1. The van der Waals surface area contributed by atoms with Crippen LogP contribution >= 0.6 is 11.6 Å². The number of rotatable bonds is 3. The topological polar surface area (TPSA) is 29.9 Å². The zero-order valence-electron chi connectivity index (χ0n) is 13.3. The lowest BCUT2D eigenvalue weighted by Crippen LogP contribution is -2.06. The van der Waals surface area contributed by atoms with Gasteiger partial charge < -0.3 is 5.32 Å². The highest BCUT2D eigenvalue weighted by molar-refractivity contribution is 6.30. The average Bonchev–Trinajstić information content (AvgIpc) is 3.16. The SMILES string of the molecule is Cc1ccc(Cl)cc1-n1nc(Cc2ccc(F)cc2)c2c1NCC2. The normalized spacial score (nSPS) is 13.0. The van der Waals surface area contributed by atoms with Gasteiger partial charge in [-0.05, 0) is 48.7 Å². The predicted octanol–water partition coefficient (Wildman–Crippen LogP) is 4.53. The first-order valence-electron chi connectivity index (χ1n) is 7.97. The summed E-state index contributed by atoms with van der Waals surface area (Å²) in [6.45, 7) is 2.96.